The van der Waals surface area contributed by atoms with E-state index in [0.717, 1.165) is 25.7 Å². The Bertz CT molecular complexity index is 285. The molecule has 0 radical (unpaired) electrons. The van der Waals surface area contributed by atoms with Gasteiger partial charge in [-0.3, -0.25) is 4.79 Å². The third kappa shape index (κ3) is 4.46. The maximum atomic E-state index is 11.9. The minimum atomic E-state index is -0.962. The van der Waals surface area contributed by atoms with Crippen LogP contribution in [0.5, 0.6) is 0 Å². The average molecular weight is 240 g/mol. The summed E-state index contributed by atoms with van der Waals surface area (Å²) < 4.78 is 0. The number of carboxylic acids is 1. The number of carbonyl (C=O) groups is 2. The maximum absolute atomic E-state index is 11.9. The van der Waals surface area contributed by atoms with E-state index in [2.05, 4.69) is 11.9 Å². The molecule has 0 aromatic rings. The highest BCUT2D eigenvalue weighted by Gasteiger charge is 2.27. The third-order valence-corrected chi connectivity index (χ3v) is 2.96. The summed E-state index contributed by atoms with van der Waals surface area (Å²) in [5.41, 5.74) is 0. The summed E-state index contributed by atoms with van der Waals surface area (Å²) in [5.74, 6) is -0.962. The van der Waals surface area contributed by atoms with Crippen LogP contribution in [0.2, 0.25) is 0 Å². The number of rotatable bonds is 6. The zero-order valence-corrected chi connectivity index (χ0v) is 10.0. The van der Waals surface area contributed by atoms with Gasteiger partial charge in [-0.15, -0.1) is 6.58 Å². The fraction of sp³-hybridized carbons (Fsp3) is 0.667. The quantitative estimate of drug-likeness (QED) is 0.547. The monoisotopic (exact) mass is 240 g/mol. The summed E-state index contributed by atoms with van der Waals surface area (Å²) in [6.45, 7) is 3.86. The van der Waals surface area contributed by atoms with Gasteiger partial charge < -0.3 is 15.3 Å². The first-order chi connectivity index (χ1) is 8.15. The lowest BCUT2D eigenvalue weighted by atomic mass is 10.2. The molecule has 2 amide bonds. The molecule has 5 nitrogen and oxygen atoms in total. The van der Waals surface area contributed by atoms with Crippen LogP contribution in [0.1, 0.15) is 32.1 Å². The van der Waals surface area contributed by atoms with Crippen LogP contribution in [0.4, 0.5) is 4.79 Å². The standard InChI is InChI=1S/C12H20N2O3/c1-2-3-8-13-12(17)14(9-11(15)16)10-6-4-5-7-10/h2,10H,1,3-9H2,(H,13,17)(H,15,16). The lowest BCUT2D eigenvalue weighted by molar-refractivity contribution is -0.138. The highest BCUT2D eigenvalue weighted by atomic mass is 16.4. The van der Waals surface area contributed by atoms with Crippen molar-refractivity contribution in [1.29, 1.82) is 0 Å². The van der Waals surface area contributed by atoms with Crippen molar-refractivity contribution >= 4 is 12.0 Å². The van der Waals surface area contributed by atoms with Crippen molar-refractivity contribution in [3.8, 4) is 0 Å². The van der Waals surface area contributed by atoms with Crippen molar-refractivity contribution in [1.82, 2.24) is 10.2 Å². The van der Waals surface area contributed by atoms with E-state index in [1.54, 1.807) is 6.08 Å². The Morgan fingerprint density at radius 1 is 1.41 bits per heavy atom. The molecule has 0 aromatic heterocycles. The zero-order chi connectivity index (χ0) is 12.7. The number of amides is 2. The van der Waals surface area contributed by atoms with Gasteiger partial charge in [0.05, 0.1) is 0 Å². The van der Waals surface area contributed by atoms with Gasteiger partial charge in [0.2, 0.25) is 0 Å². The summed E-state index contributed by atoms with van der Waals surface area (Å²) in [4.78, 5) is 24.1. The molecule has 96 valence electrons. The van der Waals surface area contributed by atoms with Gasteiger partial charge in [0.15, 0.2) is 0 Å². The number of carbonyl (C=O) groups excluding carboxylic acids is 1. The van der Waals surface area contributed by atoms with Gasteiger partial charge in [-0.25, -0.2) is 4.79 Å². The number of carboxylic acid groups (broad SMARTS) is 1. The van der Waals surface area contributed by atoms with Crippen molar-refractivity contribution in [2.75, 3.05) is 13.1 Å². The van der Waals surface area contributed by atoms with E-state index in [9.17, 15) is 9.59 Å². The Labute approximate surface area is 101 Å². The largest absolute Gasteiger partial charge is 0.480 e. The Morgan fingerprint density at radius 3 is 2.59 bits per heavy atom. The van der Waals surface area contributed by atoms with Crippen LogP contribution < -0.4 is 5.32 Å². The van der Waals surface area contributed by atoms with E-state index in [1.165, 1.54) is 4.90 Å². The SMILES string of the molecule is C=CCCNC(=O)N(CC(=O)O)C1CCCC1. The highest BCUT2D eigenvalue weighted by Crippen LogP contribution is 2.23. The fourth-order valence-corrected chi connectivity index (χ4v) is 2.11. The molecule has 1 saturated carbocycles. The second-order valence-corrected chi connectivity index (χ2v) is 4.27. The summed E-state index contributed by atoms with van der Waals surface area (Å²) in [6, 6.07) is -0.198. The van der Waals surface area contributed by atoms with Crippen molar-refractivity contribution in [3.05, 3.63) is 12.7 Å². The molecule has 0 unspecified atom stereocenters. The predicted molar refractivity (Wildman–Crippen MR) is 64.8 cm³/mol. The van der Waals surface area contributed by atoms with E-state index in [1.807, 2.05) is 0 Å². The molecule has 0 aliphatic heterocycles. The van der Waals surface area contributed by atoms with Gasteiger partial charge in [0, 0.05) is 12.6 Å². The molecule has 0 spiro atoms. The molecule has 0 atom stereocenters. The van der Waals surface area contributed by atoms with Crippen molar-refractivity contribution in [2.24, 2.45) is 0 Å². The number of hydrogen-bond acceptors (Lipinski definition) is 2. The minimum Gasteiger partial charge on any atom is -0.480 e. The van der Waals surface area contributed by atoms with E-state index in [4.69, 9.17) is 5.11 Å². The van der Waals surface area contributed by atoms with Gasteiger partial charge in [-0.1, -0.05) is 18.9 Å². The van der Waals surface area contributed by atoms with Crippen molar-refractivity contribution in [2.45, 2.75) is 38.1 Å². The molecule has 0 saturated heterocycles. The van der Waals surface area contributed by atoms with Crippen LogP contribution in [0, 0.1) is 0 Å². The Kier molecular flexibility index (Phi) is 5.52. The molecular formula is C12H20N2O3. The summed E-state index contributed by atoms with van der Waals surface area (Å²) >= 11 is 0. The number of aliphatic carboxylic acids is 1. The van der Waals surface area contributed by atoms with Crippen molar-refractivity contribution < 1.29 is 14.7 Å². The normalized spacial score (nSPS) is 15.5. The van der Waals surface area contributed by atoms with Crippen molar-refractivity contribution in [3.63, 3.8) is 0 Å². The summed E-state index contributed by atoms with van der Waals surface area (Å²) in [6.07, 6.45) is 6.36. The molecule has 1 rings (SSSR count). The summed E-state index contributed by atoms with van der Waals surface area (Å²) in [7, 11) is 0. The minimum absolute atomic E-state index is 0.0785. The lowest BCUT2D eigenvalue weighted by Crippen LogP contribution is -2.47. The number of urea groups is 1. The van der Waals surface area contributed by atoms with Gasteiger partial charge in [0.1, 0.15) is 6.54 Å². The first kappa shape index (κ1) is 13.5. The topological polar surface area (TPSA) is 69.6 Å². The maximum Gasteiger partial charge on any atom is 0.323 e. The third-order valence-electron chi connectivity index (χ3n) is 2.96. The molecule has 2 N–H and O–H groups in total. The molecule has 1 aliphatic rings. The number of nitrogens with one attached hydrogen (secondary N) is 1. The molecule has 0 aromatic carbocycles. The molecule has 17 heavy (non-hydrogen) atoms. The van der Waals surface area contributed by atoms with E-state index >= 15 is 0 Å². The summed E-state index contributed by atoms with van der Waals surface area (Å²) in [5, 5.41) is 11.5. The molecule has 0 bridgehead atoms. The smallest absolute Gasteiger partial charge is 0.323 e. The molecule has 1 aliphatic carbocycles. The van der Waals surface area contributed by atoms with E-state index in [0.29, 0.717) is 13.0 Å². The van der Waals surface area contributed by atoms with Gasteiger partial charge in [-0.05, 0) is 19.3 Å². The van der Waals surface area contributed by atoms with Crippen LogP contribution in [-0.2, 0) is 4.79 Å². The first-order valence-corrected chi connectivity index (χ1v) is 6.02. The highest BCUT2D eigenvalue weighted by molar-refractivity contribution is 5.80. The van der Waals surface area contributed by atoms with E-state index < -0.39 is 5.97 Å². The van der Waals surface area contributed by atoms with Crippen LogP contribution in [0.15, 0.2) is 12.7 Å². The van der Waals surface area contributed by atoms with Gasteiger partial charge >= 0.3 is 12.0 Å². The van der Waals surface area contributed by atoms with Crippen LogP contribution >= 0.6 is 0 Å². The number of hydrogen-bond donors (Lipinski definition) is 2. The second kappa shape index (κ2) is 6.93. The predicted octanol–water partition coefficient (Wildman–Crippen LogP) is 1.60. The van der Waals surface area contributed by atoms with Crippen LogP contribution in [0.3, 0.4) is 0 Å². The molecular weight excluding hydrogens is 220 g/mol. The fourth-order valence-electron chi connectivity index (χ4n) is 2.11. The zero-order valence-electron chi connectivity index (χ0n) is 10.0. The Hall–Kier alpha value is -1.52. The lowest BCUT2D eigenvalue weighted by Gasteiger charge is -2.27. The van der Waals surface area contributed by atoms with Gasteiger partial charge in [0.25, 0.3) is 0 Å². The molecule has 1 fully saturated rings. The Balaban J connectivity index is 2.51. The van der Waals surface area contributed by atoms with Crippen LogP contribution in [0.25, 0.3) is 0 Å². The second-order valence-electron chi connectivity index (χ2n) is 4.27. The Morgan fingerprint density at radius 2 is 2.06 bits per heavy atom. The number of nitrogens with zero attached hydrogens (tertiary/aromatic N) is 1. The van der Waals surface area contributed by atoms with Crippen LogP contribution in [-0.4, -0.2) is 41.1 Å². The average Bonchev–Trinajstić information content (AvgIpc) is 2.79. The molecule has 0 heterocycles. The molecule has 5 heteroatoms. The van der Waals surface area contributed by atoms with E-state index in [-0.39, 0.29) is 18.6 Å². The first-order valence-electron chi connectivity index (χ1n) is 6.02. The van der Waals surface area contributed by atoms with Gasteiger partial charge in [-0.2, -0.15) is 0 Å².